The third kappa shape index (κ3) is 4.59. The van der Waals surface area contributed by atoms with Crippen LogP contribution in [0.1, 0.15) is 5.01 Å². The smallest absolute Gasteiger partial charge is 0.444 e. The van der Waals surface area contributed by atoms with E-state index in [-0.39, 0.29) is 23.8 Å². The number of fused-ring (bicyclic) bond motifs is 1. The van der Waals surface area contributed by atoms with E-state index < -0.39 is 11.7 Å². The van der Waals surface area contributed by atoms with Gasteiger partial charge in [-0.05, 0) is 30.3 Å². The predicted molar refractivity (Wildman–Crippen MR) is 114 cm³/mol. The van der Waals surface area contributed by atoms with E-state index in [4.69, 9.17) is 21.1 Å². The first-order chi connectivity index (χ1) is 15.4. The number of benzene rings is 2. The van der Waals surface area contributed by atoms with Gasteiger partial charge in [0, 0.05) is 17.1 Å². The number of para-hydroxylation sites is 2. The maximum atomic E-state index is 13.5. The molecule has 2 aromatic carbocycles. The summed E-state index contributed by atoms with van der Waals surface area (Å²) in [6.07, 6.45) is -2.92. The average Bonchev–Trinajstić information content (AvgIpc) is 3.44. The van der Waals surface area contributed by atoms with Gasteiger partial charge in [0.25, 0.3) is 5.63 Å². The van der Waals surface area contributed by atoms with Crippen molar-refractivity contribution < 1.29 is 27.4 Å². The van der Waals surface area contributed by atoms with Crippen molar-refractivity contribution in [3.05, 3.63) is 59.1 Å². The number of alkyl halides is 4. The second-order valence-corrected chi connectivity index (χ2v) is 7.62. The van der Waals surface area contributed by atoms with Crippen LogP contribution in [0.2, 0.25) is 0 Å². The molecule has 1 N–H and O–H groups in total. The number of thiazole rings is 1. The van der Waals surface area contributed by atoms with Gasteiger partial charge < -0.3 is 19.5 Å². The van der Waals surface area contributed by atoms with Crippen LogP contribution >= 0.6 is 22.9 Å². The van der Waals surface area contributed by atoms with Gasteiger partial charge in [-0.15, -0.1) is 11.3 Å². The van der Waals surface area contributed by atoms with Crippen LogP contribution in [0, 0.1) is 11.3 Å². The number of nitrogens with one attached hydrogen (secondary N) is 1. The SMILES string of the molecule is N#C/C(=C\Nc1ccccc1OC(F)(F)[C@@H](F)Cl)c1nc(-c2ccc3c(c2)OCO3)cs1. The van der Waals surface area contributed by atoms with Crippen molar-refractivity contribution in [2.45, 2.75) is 11.7 Å². The van der Waals surface area contributed by atoms with Crippen molar-refractivity contribution in [2.75, 3.05) is 12.1 Å². The number of hydrogen-bond donors (Lipinski definition) is 1. The molecule has 0 amide bonds. The van der Waals surface area contributed by atoms with Crippen LogP contribution in [-0.4, -0.2) is 23.5 Å². The van der Waals surface area contributed by atoms with Crippen molar-refractivity contribution in [2.24, 2.45) is 0 Å². The lowest BCUT2D eigenvalue weighted by Gasteiger charge is -2.19. The number of anilines is 1. The van der Waals surface area contributed by atoms with E-state index in [1.807, 2.05) is 12.1 Å². The summed E-state index contributed by atoms with van der Waals surface area (Å²) in [7, 11) is 0. The second kappa shape index (κ2) is 8.98. The highest BCUT2D eigenvalue weighted by atomic mass is 35.5. The normalized spacial score (nSPS) is 14.0. The molecular weight excluding hydrogens is 467 g/mol. The van der Waals surface area contributed by atoms with E-state index in [0.29, 0.717) is 22.2 Å². The minimum Gasteiger partial charge on any atom is -0.454 e. The first-order valence-electron chi connectivity index (χ1n) is 9.04. The molecule has 1 aliphatic rings. The van der Waals surface area contributed by atoms with E-state index in [1.165, 1.54) is 35.7 Å². The molecule has 1 aromatic heterocycles. The van der Waals surface area contributed by atoms with Gasteiger partial charge in [0.15, 0.2) is 11.5 Å². The Labute approximate surface area is 189 Å². The van der Waals surface area contributed by atoms with Crippen LogP contribution in [0.4, 0.5) is 18.9 Å². The van der Waals surface area contributed by atoms with Gasteiger partial charge in [-0.2, -0.15) is 14.0 Å². The summed E-state index contributed by atoms with van der Waals surface area (Å²) in [6.45, 7) is 0.155. The van der Waals surface area contributed by atoms with E-state index in [2.05, 4.69) is 15.0 Å². The van der Waals surface area contributed by atoms with Crippen molar-refractivity contribution in [1.82, 2.24) is 4.98 Å². The topological polar surface area (TPSA) is 76.4 Å². The number of ether oxygens (including phenoxy) is 3. The molecule has 0 spiro atoms. The summed E-state index contributed by atoms with van der Waals surface area (Å²) < 4.78 is 55.0. The minimum absolute atomic E-state index is 0.0878. The summed E-state index contributed by atoms with van der Waals surface area (Å²) in [5, 5.41) is 14.5. The number of aromatic nitrogens is 1. The van der Waals surface area contributed by atoms with E-state index in [0.717, 1.165) is 5.56 Å². The standard InChI is InChI=1S/C21H13ClF3N3O3S/c22-20(23)21(24,25)31-16-4-2-1-3-14(16)27-9-13(8-26)19-28-15(10-32-19)12-5-6-17-18(7-12)30-11-29-17/h1-7,9-10,20,27H,11H2/b13-9+/t20-/m1/s1. The number of allylic oxidation sites excluding steroid dienone is 1. The minimum atomic E-state index is -4.23. The van der Waals surface area contributed by atoms with Crippen LogP contribution < -0.4 is 19.5 Å². The van der Waals surface area contributed by atoms with Gasteiger partial charge in [-0.25, -0.2) is 9.37 Å². The highest BCUT2D eigenvalue weighted by molar-refractivity contribution is 7.11. The number of hydrogen-bond acceptors (Lipinski definition) is 7. The third-order valence-corrected chi connectivity index (χ3v) is 5.41. The fraction of sp³-hybridized carbons (Fsp3) is 0.143. The lowest BCUT2D eigenvalue weighted by atomic mass is 10.1. The molecule has 0 saturated heterocycles. The van der Waals surface area contributed by atoms with Crippen molar-refractivity contribution >= 4 is 34.2 Å². The molecular formula is C21H13ClF3N3O3S. The first kappa shape index (κ1) is 21.8. The Morgan fingerprint density at radius 1 is 1.28 bits per heavy atom. The molecule has 4 rings (SSSR count). The maximum absolute atomic E-state index is 13.5. The quantitative estimate of drug-likeness (QED) is 0.330. The fourth-order valence-corrected chi connectivity index (χ4v) is 3.58. The molecule has 11 heteroatoms. The van der Waals surface area contributed by atoms with Crippen LogP contribution in [-0.2, 0) is 0 Å². The number of nitrogens with zero attached hydrogens (tertiary/aromatic N) is 2. The largest absolute Gasteiger partial charge is 0.454 e. The molecule has 164 valence electrons. The van der Waals surface area contributed by atoms with Crippen molar-refractivity contribution in [3.63, 3.8) is 0 Å². The zero-order valence-electron chi connectivity index (χ0n) is 16.0. The highest BCUT2D eigenvalue weighted by Crippen LogP contribution is 2.37. The van der Waals surface area contributed by atoms with Gasteiger partial charge in [0.1, 0.15) is 22.4 Å². The number of rotatable bonds is 7. The summed E-state index contributed by atoms with van der Waals surface area (Å²) in [5.41, 5.74) is -1.37. The van der Waals surface area contributed by atoms with Crippen LogP contribution in [0.15, 0.2) is 54.0 Å². The van der Waals surface area contributed by atoms with Gasteiger partial charge in [0.2, 0.25) is 6.79 Å². The third-order valence-electron chi connectivity index (χ3n) is 4.28. The molecule has 0 fully saturated rings. The summed E-state index contributed by atoms with van der Waals surface area (Å²) >= 11 is 6.08. The highest BCUT2D eigenvalue weighted by Gasteiger charge is 2.42. The Balaban J connectivity index is 1.55. The van der Waals surface area contributed by atoms with E-state index in [1.54, 1.807) is 23.6 Å². The van der Waals surface area contributed by atoms with Crippen LogP contribution in [0.3, 0.4) is 0 Å². The Hall–Kier alpha value is -3.42. The van der Waals surface area contributed by atoms with Gasteiger partial charge in [-0.1, -0.05) is 23.7 Å². The predicted octanol–water partition coefficient (Wildman–Crippen LogP) is 6.02. The van der Waals surface area contributed by atoms with Crippen molar-refractivity contribution in [3.8, 4) is 34.6 Å². The number of halogens is 4. The molecule has 2 heterocycles. The molecule has 0 bridgehead atoms. The molecule has 0 aliphatic carbocycles. The fourth-order valence-electron chi connectivity index (χ4n) is 2.74. The van der Waals surface area contributed by atoms with Gasteiger partial charge >= 0.3 is 6.11 Å². The van der Waals surface area contributed by atoms with Crippen molar-refractivity contribution in [1.29, 1.82) is 5.26 Å². The molecule has 1 aliphatic heterocycles. The summed E-state index contributed by atoms with van der Waals surface area (Å²) in [6, 6.07) is 13.0. The zero-order valence-corrected chi connectivity index (χ0v) is 17.6. The van der Waals surface area contributed by atoms with Gasteiger partial charge in [0.05, 0.1) is 11.4 Å². The Morgan fingerprint density at radius 3 is 2.84 bits per heavy atom. The zero-order chi connectivity index (χ0) is 22.7. The molecule has 6 nitrogen and oxygen atoms in total. The Morgan fingerprint density at radius 2 is 2.06 bits per heavy atom. The maximum Gasteiger partial charge on any atom is 0.444 e. The lowest BCUT2D eigenvalue weighted by molar-refractivity contribution is -0.198. The molecule has 0 saturated carbocycles. The second-order valence-electron chi connectivity index (χ2n) is 6.38. The Kier molecular flexibility index (Phi) is 6.12. The molecule has 0 unspecified atom stereocenters. The molecule has 32 heavy (non-hydrogen) atoms. The average molecular weight is 480 g/mol. The lowest BCUT2D eigenvalue weighted by Crippen LogP contribution is -2.33. The van der Waals surface area contributed by atoms with Gasteiger partial charge in [-0.3, -0.25) is 0 Å². The van der Waals surface area contributed by atoms with E-state index in [9.17, 15) is 18.4 Å². The van der Waals surface area contributed by atoms with Crippen LogP contribution in [0.5, 0.6) is 17.2 Å². The molecule has 3 aromatic rings. The number of nitriles is 1. The monoisotopic (exact) mass is 479 g/mol. The van der Waals surface area contributed by atoms with Crippen LogP contribution in [0.25, 0.3) is 16.8 Å². The molecule has 1 atom stereocenters. The first-order valence-corrected chi connectivity index (χ1v) is 10.4. The molecule has 0 radical (unpaired) electrons. The summed E-state index contributed by atoms with van der Waals surface area (Å²) in [5.74, 6) is 0.913. The summed E-state index contributed by atoms with van der Waals surface area (Å²) in [4.78, 5) is 4.47. The Bertz CT molecular complexity index is 1210. The van der Waals surface area contributed by atoms with E-state index >= 15 is 0 Å².